The van der Waals surface area contributed by atoms with Gasteiger partial charge in [-0.1, -0.05) is 18.2 Å². The van der Waals surface area contributed by atoms with Crippen molar-refractivity contribution in [3.8, 4) is 0 Å². The van der Waals surface area contributed by atoms with Crippen LogP contribution in [0.25, 0.3) is 0 Å². The zero-order chi connectivity index (χ0) is 12.3. The number of carboxylic acid groups (broad SMARTS) is 1. The molecule has 17 heavy (non-hydrogen) atoms. The second kappa shape index (κ2) is 4.99. The third-order valence-electron chi connectivity index (χ3n) is 3.17. The average Bonchev–Trinajstić information content (AvgIpc) is 2.74. The Morgan fingerprint density at radius 1 is 1.41 bits per heavy atom. The number of aryl methyl sites for hydroxylation is 2. The molecule has 0 saturated carbocycles. The monoisotopic (exact) mass is 233 g/mol. The Balaban J connectivity index is 2.23. The highest BCUT2D eigenvalue weighted by Gasteiger charge is 2.17. The van der Waals surface area contributed by atoms with Crippen molar-refractivity contribution in [1.29, 1.82) is 0 Å². The largest absolute Gasteiger partial charge is 0.481 e. The van der Waals surface area contributed by atoms with Crippen molar-refractivity contribution in [2.24, 2.45) is 0 Å². The van der Waals surface area contributed by atoms with Crippen molar-refractivity contribution in [3.63, 3.8) is 0 Å². The molecule has 1 amide bonds. The topological polar surface area (TPSA) is 66.4 Å². The molecular weight excluding hydrogens is 218 g/mol. The van der Waals surface area contributed by atoms with E-state index in [9.17, 15) is 9.59 Å². The van der Waals surface area contributed by atoms with Crippen LogP contribution >= 0.6 is 0 Å². The standard InChI is InChI=1S/C13H15NO3/c15-8-14-12(7-13(16)17)11-5-4-9-2-1-3-10(9)6-11/h4-6,8,12H,1-3,7H2,(H,14,15)(H,16,17). The van der Waals surface area contributed by atoms with Crippen LogP contribution in [0, 0.1) is 0 Å². The summed E-state index contributed by atoms with van der Waals surface area (Å²) < 4.78 is 0. The molecule has 1 aliphatic rings. The van der Waals surface area contributed by atoms with Crippen LogP contribution in [0.5, 0.6) is 0 Å². The molecule has 2 N–H and O–H groups in total. The molecule has 4 nitrogen and oxygen atoms in total. The molecule has 0 aromatic heterocycles. The second-order valence-corrected chi connectivity index (χ2v) is 4.32. The summed E-state index contributed by atoms with van der Waals surface area (Å²) in [4.78, 5) is 21.2. The van der Waals surface area contributed by atoms with E-state index in [0.29, 0.717) is 6.41 Å². The van der Waals surface area contributed by atoms with Crippen LogP contribution in [0.2, 0.25) is 0 Å². The number of fused-ring (bicyclic) bond motifs is 1. The number of nitrogens with one attached hydrogen (secondary N) is 1. The minimum Gasteiger partial charge on any atom is -0.481 e. The van der Waals surface area contributed by atoms with Crippen LogP contribution in [0.3, 0.4) is 0 Å². The average molecular weight is 233 g/mol. The van der Waals surface area contributed by atoms with E-state index in [1.54, 1.807) is 0 Å². The minimum atomic E-state index is -0.912. The summed E-state index contributed by atoms with van der Waals surface area (Å²) in [7, 11) is 0. The lowest BCUT2D eigenvalue weighted by atomic mass is 9.99. The summed E-state index contributed by atoms with van der Waals surface area (Å²) >= 11 is 0. The Morgan fingerprint density at radius 3 is 2.88 bits per heavy atom. The number of hydrogen-bond acceptors (Lipinski definition) is 2. The predicted octanol–water partition coefficient (Wildman–Crippen LogP) is 1.44. The van der Waals surface area contributed by atoms with E-state index in [1.165, 1.54) is 11.1 Å². The van der Waals surface area contributed by atoms with Crippen molar-refractivity contribution < 1.29 is 14.7 Å². The van der Waals surface area contributed by atoms with Gasteiger partial charge in [-0.15, -0.1) is 0 Å². The molecule has 4 heteroatoms. The highest BCUT2D eigenvalue weighted by atomic mass is 16.4. The van der Waals surface area contributed by atoms with Gasteiger partial charge in [0.25, 0.3) is 0 Å². The first kappa shape index (κ1) is 11.6. The van der Waals surface area contributed by atoms with Gasteiger partial charge in [0.2, 0.25) is 6.41 Å². The summed E-state index contributed by atoms with van der Waals surface area (Å²) in [6.45, 7) is 0. The zero-order valence-electron chi connectivity index (χ0n) is 9.48. The summed E-state index contributed by atoms with van der Waals surface area (Å²) in [6.07, 6.45) is 3.77. The first-order chi connectivity index (χ1) is 8.20. The maximum Gasteiger partial charge on any atom is 0.305 e. The molecule has 0 aliphatic heterocycles. The van der Waals surface area contributed by atoms with Gasteiger partial charge in [-0.25, -0.2) is 0 Å². The molecule has 0 fully saturated rings. The van der Waals surface area contributed by atoms with E-state index in [0.717, 1.165) is 24.8 Å². The normalized spacial score (nSPS) is 15.1. The predicted molar refractivity (Wildman–Crippen MR) is 62.7 cm³/mol. The van der Waals surface area contributed by atoms with E-state index in [2.05, 4.69) is 5.32 Å². The highest BCUT2D eigenvalue weighted by Crippen LogP contribution is 2.26. The fraction of sp³-hybridized carbons (Fsp3) is 0.385. The van der Waals surface area contributed by atoms with Crippen LogP contribution in [0.1, 0.15) is 35.6 Å². The summed E-state index contributed by atoms with van der Waals surface area (Å²) in [5.74, 6) is -0.912. The lowest BCUT2D eigenvalue weighted by Crippen LogP contribution is -2.22. The van der Waals surface area contributed by atoms with Gasteiger partial charge >= 0.3 is 5.97 Å². The van der Waals surface area contributed by atoms with Crippen LogP contribution in [0.4, 0.5) is 0 Å². The van der Waals surface area contributed by atoms with E-state index < -0.39 is 12.0 Å². The number of benzene rings is 1. The molecule has 2 rings (SSSR count). The Bertz CT molecular complexity index is 442. The van der Waals surface area contributed by atoms with Crippen molar-refractivity contribution >= 4 is 12.4 Å². The van der Waals surface area contributed by atoms with Gasteiger partial charge in [-0.2, -0.15) is 0 Å². The number of amides is 1. The molecule has 0 bridgehead atoms. The third kappa shape index (κ3) is 2.64. The van der Waals surface area contributed by atoms with E-state index in [4.69, 9.17) is 5.11 Å². The number of carbonyl (C=O) groups excluding carboxylic acids is 1. The number of carbonyl (C=O) groups is 2. The van der Waals surface area contributed by atoms with Gasteiger partial charge in [0.05, 0.1) is 12.5 Å². The Labute approximate surface area is 99.6 Å². The van der Waals surface area contributed by atoms with Crippen molar-refractivity contribution in [1.82, 2.24) is 5.32 Å². The molecule has 1 unspecified atom stereocenters. The second-order valence-electron chi connectivity index (χ2n) is 4.32. The Kier molecular flexibility index (Phi) is 3.42. The first-order valence-corrected chi connectivity index (χ1v) is 5.74. The molecule has 0 spiro atoms. The molecule has 1 atom stereocenters. The maximum absolute atomic E-state index is 10.7. The molecule has 1 aromatic rings. The smallest absolute Gasteiger partial charge is 0.305 e. The van der Waals surface area contributed by atoms with Gasteiger partial charge < -0.3 is 10.4 Å². The highest BCUT2D eigenvalue weighted by molar-refractivity contribution is 5.68. The summed E-state index contributed by atoms with van der Waals surface area (Å²) in [5, 5.41) is 11.4. The lowest BCUT2D eigenvalue weighted by molar-refractivity contribution is -0.137. The summed E-state index contributed by atoms with van der Waals surface area (Å²) in [5.41, 5.74) is 3.50. The van der Waals surface area contributed by atoms with Crippen molar-refractivity contribution in [2.45, 2.75) is 31.7 Å². The fourth-order valence-electron chi connectivity index (χ4n) is 2.34. The summed E-state index contributed by atoms with van der Waals surface area (Å²) in [6, 6.07) is 5.54. The van der Waals surface area contributed by atoms with E-state index in [1.807, 2.05) is 18.2 Å². The molecule has 1 aliphatic carbocycles. The molecule has 90 valence electrons. The van der Waals surface area contributed by atoms with Gasteiger partial charge in [-0.3, -0.25) is 9.59 Å². The molecule has 1 aromatic carbocycles. The molecule has 0 saturated heterocycles. The van der Waals surface area contributed by atoms with Crippen molar-refractivity contribution in [2.75, 3.05) is 0 Å². The maximum atomic E-state index is 10.7. The zero-order valence-corrected chi connectivity index (χ0v) is 9.48. The fourth-order valence-corrected chi connectivity index (χ4v) is 2.34. The molecule has 0 radical (unpaired) electrons. The first-order valence-electron chi connectivity index (χ1n) is 5.74. The molecular formula is C13H15NO3. The minimum absolute atomic E-state index is 0.0858. The third-order valence-corrected chi connectivity index (χ3v) is 3.17. The molecule has 0 heterocycles. The lowest BCUT2D eigenvalue weighted by Gasteiger charge is -2.15. The van der Waals surface area contributed by atoms with Gasteiger partial charge in [0.15, 0.2) is 0 Å². The van der Waals surface area contributed by atoms with E-state index in [-0.39, 0.29) is 6.42 Å². The Morgan fingerprint density at radius 2 is 2.18 bits per heavy atom. The van der Waals surface area contributed by atoms with Gasteiger partial charge in [0, 0.05) is 0 Å². The van der Waals surface area contributed by atoms with Crippen LogP contribution in [0.15, 0.2) is 18.2 Å². The van der Waals surface area contributed by atoms with Gasteiger partial charge in [0.1, 0.15) is 0 Å². The number of aliphatic carboxylic acids is 1. The van der Waals surface area contributed by atoms with Gasteiger partial charge in [-0.05, 0) is 36.0 Å². The Hall–Kier alpha value is -1.84. The van der Waals surface area contributed by atoms with Crippen molar-refractivity contribution in [3.05, 3.63) is 34.9 Å². The SMILES string of the molecule is O=CNC(CC(=O)O)c1ccc2c(c1)CCC2. The number of hydrogen-bond donors (Lipinski definition) is 2. The van der Waals surface area contributed by atoms with Crippen LogP contribution in [-0.2, 0) is 22.4 Å². The number of rotatable bonds is 5. The quantitative estimate of drug-likeness (QED) is 0.756. The van der Waals surface area contributed by atoms with Crippen LogP contribution < -0.4 is 5.32 Å². The number of carboxylic acids is 1. The van der Waals surface area contributed by atoms with E-state index >= 15 is 0 Å². The van der Waals surface area contributed by atoms with Crippen LogP contribution in [-0.4, -0.2) is 17.5 Å².